The molecule has 1 aliphatic rings. The van der Waals surface area contributed by atoms with Crippen molar-refractivity contribution in [1.82, 2.24) is 15.1 Å². The molecular formula is C19H25N3O2. The number of nitrogens with zero attached hydrogens (tertiary/aromatic N) is 2. The number of rotatable bonds is 4. The van der Waals surface area contributed by atoms with Gasteiger partial charge in [-0.05, 0) is 38.8 Å². The maximum Gasteiger partial charge on any atom is 0.274 e. The molecule has 1 aromatic heterocycles. The molecule has 2 aromatic rings. The van der Waals surface area contributed by atoms with Gasteiger partial charge in [0.2, 0.25) is 0 Å². The number of nitrogens with one attached hydrogen (secondary N) is 1. The zero-order valence-electron chi connectivity index (χ0n) is 14.8. The minimum absolute atomic E-state index is 0.0143. The molecule has 128 valence electrons. The fourth-order valence-corrected chi connectivity index (χ4v) is 3.32. The van der Waals surface area contributed by atoms with Crippen molar-refractivity contribution in [1.29, 1.82) is 0 Å². The minimum Gasteiger partial charge on any atom is -0.369 e. The van der Waals surface area contributed by atoms with Crippen LogP contribution in [0.5, 0.6) is 0 Å². The van der Waals surface area contributed by atoms with E-state index in [-0.39, 0.29) is 18.1 Å². The Morgan fingerprint density at radius 3 is 2.83 bits per heavy atom. The fraction of sp³-hybridized carbons (Fsp3) is 0.474. The molecule has 1 aromatic carbocycles. The molecule has 0 aliphatic carbocycles. The number of carbonyl (C=O) groups is 1. The number of amides is 1. The first-order valence-electron chi connectivity index (χ1n) is 8.57. The Morgan fingerprint density at radius 1 is 1.38 bits per heavy atom. The van der Waals surface area contributed by atoms with E-state index in [4.69, 9.17) is 4.74 Å². The quantitative estimate of drug-likeness (QED) is 0.936. The standard InChI is InChI=1S/C19H25N3O2/c1-5-22(11-15-9-7-6-8-12(15)2)19(23)18-16-10-13(3)24-14(4)17(16)20-21-18/h6-9,13-14H,5,10-11H2,1-4H3,(H,20,21)/t13-,14+/m0/s1. The van der Waals surface area contributed by atoms with Gasteiger partial charge < -0.3 is 9.64 Å². The number of H-pyrrole nitrogens is 1. The van der Waals surface area contributed by atoms with Crippen LogP contribution in [0.3, 0.4) is 0 Å². The molecular weight excluding hydrogens is 302 g/mol. The number of benzene rings is 1. The smallest absolute Gasteiger partial charge is 0.274 e. The number of aromatic amines is 1. The summed E-state index contributed by atoms with van der Waals surface area (Å²) in [7, 11) is 0. The van der Waals surface area contributed by atoms with Gasteiger partial charge >= 0.3 is 0 Å². The molecule has 3 rings (SSSR count). The number of carbonyl (C=O) groups excluding carboxylic acids is 1. The van der Waals surface area contributed by atoms with E-state index in [1.807, 2.05) is 37.8 Å². The summed E-state index contributed by atoms with van der Waals surface area (Å²) in [5.74, 6) is -0.0143. The highest BCUT2D eigenvalue weighted by atomic mass is 16.5. The Kier molecular flexibility index (Phi) is 4.71. The summed E-state index contributed by atoms with van der Waals surface area (Å²) in [6.07, 6.45) is 0.770. The van der Waals surface area contributed by atoms with E-state index < -0.39 is 0 Å². The van der Waals surface area contributed by atoms with Crippen molar-refractivity contribution in [3.63, 3.8) is 0 Å². The summed E-state index contributed by atoms with van der Waals surface area (Å²) in [6.45, 7) is 9.35. The van der Waals surface area contributed by atoms with Crippen molar-refractivity contribution in [3.05, 3.63) is 52.3 Å². The summed E-state index contributed by atoms with van der Waals surface area (Å²) in [6, 6.07) is 8.18. The van der Waals surface area contributed by atoms with Crippen LogP contribution in [0.25, 0.3) is 0 Å². The van der Waals surface area contributed by atoms with E-state index in [1.54, 1.807) is 0 Å². The van der Waals surface area contributed by atoms with Gasteiger partial charge in [0.1, 0.15) is 0 Å². The normalized spacial score (nSPS) is 19.8. The minimum atomic E-state index is -0.0516. The second-order valence-electron chi connectivity index (χ2n) is 6.50. The van der Waals surface area contributed by atoms with Crippen LogP contribution in [0.4, 0.5) is 0 Å². The molecule has 1 amide bonds. The van der Waals surface area contributed by atoms with E-state index in [2.05, 4.69) is 29.3 Å². The first-order chi connectivity index (χ1) is 11.5. The Hall–Kier alpha value is -2.14. The van der Waals surface area contributed by atoms with Crippen LogP contribution in [-0.4, -0.2) is 33.7 Å². The maximum atomic E-state index is 13.0. The van der Waals surface area contributed by atoms with Crippen LogP contribution in [0.1, 0.15) is 59.7 Å². The second-order valence-corrected chi connectivity index (χ2v) is 6.50. The van der Waals surface area contributed by atoms with Gasteiger partial charge in [0.05, 0.1) is 17.9 Å². The van der Waals surface area contributed by atoms with E-state index in [0.717, 1.165) is 17.7 Å². The highest BCUT2D eigenvalue weighted by Crippen LogP contribution is 2.30. The lowest BCUT2D eigenvalue weighted by Crippen LogP contribution is -2.32. The lowest BCUT2D eigenvalue weighted by molar-refractivity contribution is -0.00702. The van der Waals surface area contributed by atoms with Crippen LogP contribution >= 0.6 is 0 Å². The molecule has 0 fully saturated rings. The predicted molar refractivity (Wildman–Crippen MR) is 92.8 cm³/mol. The van der Waals surface area contributed by atoms with Crippen molar-refractivity contribution in [3.8, 4) is 0 Å². The largest absolute Gasteiger partial charge is 0.369 e. The van der Waals surface area contributed by atoms with Crippen molar-refractivity contribution in [2.24, 2.45) is 0 Å². The van der Waals surface area contributed by atoms with Gasteiger partial charge in [-0.25, -0.2) is 0 Å². The third kappa shape index (κ3) is 3.08. The molecule has 0 saturated heterocycles. The zero-order valence-corrected chi connectivity index (χ0v) is 14.8. The number of hydrogen-bond acceptors (Lipinski definition) is 3. The van der Waals surface area contributed by atoms with Crippen molar-refractivity contribution in [2.45, 2.75) is 52.9 Å². The molecule has 1 N–H and O–H groups in total. The van der Waals surface area contributed by atoms with E-state index >= 15 is 0 Å². The lowest BCUT2D eigenvalue weighted by Gasteiger charge is -2.26. The van der Waals surface area contributed by atoms with Crippen LogP contribution in [-0.2, 0) is 17.7 Å². The van der Waals surface area contributed by atoms with E-state index in [0.29, 0.717) is 18.8 Å². The molecule has 0 spiro atoms. The molecule has 24 heavy (non-hydrogen) atoms. The van der Waals surface area contributed by atoms with Crippen molar-refractivity contribution in [2.75, 3.05) is 6.54 Å². The summed E-state index contributed by atoms with van der Waals surface area (Å²) in [4.78, 5) is 14.9. The number of ether oxygens (including phenoxy) is 1. The SMILES string of the molecule is CCN(Cc1ccccc1C)C(=O)c1n[nH]c2c1C[C@H](C)O[C@@H]2C. The Morgan fingerprint density at radius 2 is 2.12 bits per heavy atom. The third-order valence-corrected chi connectivity index (χ3v) is 4.73. The van der Waals surface area contributed by atoms with Gasteiger partial charge in [-0.15, -0.1) is 0 Å². The predicted octanol–water partition coefficient (Wildman–Crippen LogP) is 3.40. The molecule has 2 heterocycles. The van der Waals surface area contributed by atoms with Gasteiger partial charge in [-0.1, -0.05) is 24.3 Å². The second kappa shape index (κ2) is 6.77. The Bertz CT molecular complexity index is 738. The highest BCUT2D eigenvalue weighted by molar-refractivity contribution is 5.94. The van der Waals surface area contributed by atoms with Crippen LogP contribution in [0.15, 0.2) is 24.3 Å². The van der Waals surface area contributed by atoms with Crippen molar-refractivity contribution >= 4 is 5.91 Å². The highest BCUT2D eigenvalue weighted by Gasteiger charge is 2.31. The molecule has 0 unspecified atom stereocenters. The first-order valence-corrected chi connectivity index (χ1v) is 8.57. The molecule has 2 atom stereocenters. The van der Waals surface area contributed by atoms with Gasteiger partial charge in [0.25, 0.3) is 5.91 Å². The summed E-state index contributed by atoms with van der Waals surface area (Å²) in [5.41, 5.74) is 4.85. The van der Waals surface area contributed by atoms with Crippen molar-refractivity contribution < 1.29 is 9.53 Å². The average molecular weight is 327 g/mol. The van der Waals surface area contributed by atoms with Crippen LogP contribution in [0.2, 0.25) is 0 Å². The molecule has 5 heteroatoms. The monoisotopic (exact) mass is 327 g/mol. The number of fused-ring (bicyclic) bond motifs is 1. The Labute approximate surface area is 143 Å². The number of aromatic nitrogens is 2. The summed E-state index contributed by atoms with van der Waals surface area (Å²) in [5, 5.41) is 7.33. The summed E-state index contributed by atoms with van der Waals surface area (Å²) >= 11 is 0. The number of hydrogen-bond donors (Lipinski definition) is 1. The van der Waals surface area contributed by atoms with E-state index in [9.17, 15) is 4.79 Å². The topological polar surface area (TPSA) is 58.2 Å². The van der Waals surface area contributed by atoms with Gasteiger partial charge in [0, 0.05) is 25.1 Å². The lowest BCUT2D eigenvalue weighted by atomic mass is 9.99. The van der Waals surface area contributed by atoms with Gasteiger partial charge in [-0.3, -0.25) is 9.89 Å². The molecule has 0 saturated carbocycles. The van der Waals surface area contributed by atoms with Gasteiger partial charge in [0.15, 0.2) is 5.69 Å². The molecule has 1 aliphatic heterocycles. The average Bonchev–Trinajstić information content (AvgIpc) is 2.97. The maximum absolute atomic E-state index is 13.0. The molecule has 0 radical (unpaired) electrons. The first kappa shape index (κ1) is 16.7. The van der Waals surface area contributed by atoms with Crippen LogP contribution in [0, 0.1) is 6.92 Å². The third-order valence-electron chi connectivity index (χ3n) is 4.73. The van der Waals surface area contributed by atoms with Crippen LogP contribution < -0.4 is 0 Å². The van der Waals surface area contributed by atoms with Gasteiger partial charge in [-0.2, -0.15) is 5.10 Å². The fourth-order valence-electron chi connectivity index (χ4n) is 3.32. The molecule has 0 bridgehead atoms. The van der Waals surface area contributed by atoms with E-state index in [1.165, 1.54) is 11.1 Å². The summed E-state index contributed by atoms with van der Waals surface area (Å²) < 4.78 is 5.81. The zero-order chi connectivity index (χ0) is 17.3. The Balaban J connectivity index is 1.86. The molecule has 5 nitrogen and oxygen atoms in total. The number of aryl methyl sites for hydroxylation is 1.